The Kier molecular flexibility index (Phi) is 7.07. The molecule has 0 saturated heterocycles. The summed E-state index contributed by atoms with van der Waals surface area (Å²) in [7, 11) is -1.54. The van der Waals surface area contributed by atoms with Gasteiger partial charge in [0.25, 0.3) is 5.91 Å². The van der Waals surface area contributed by atoms with E-state index in [9.17, 15) is 22.9 Å². The highest BCUT2D eigenvalue weighted by Crippen LogP contribution is 2.33. The summed E-state index contributed by atoms with van der Waals surface area (Å²) in [4.78, 5) is 12.6. The number of carbonyl (C=O) groups excluding carboxylic acids is 1. The first-order valence-corrected chi connectivity index (χ1v) is 11.5. The predicted molar refractivity (Wildman–Crippen MR) is 121 cm³/mol. The molecule has 3 rings (SSSR count). The first-order valence-electron chi connectivity index (χ1n) is 9.15. The minimum Gasteiger partial charge on any atom is -0.507 e. The Morgan fingerprint density at radius 1 is 1.06 bits per heavy atom. The highest BCUT2D eigenvalue weighted by atomic mass is 79.9. The van der Waals surface area contributed by atoms with E-state index in [-0.39, 0.29) is 22.9 Å². The van der Waals surface area contributed by atoms with E-state index in [0.29, 0.717) is 21.2 Å². The lowest BCUT2D eigenvalue weighted by atomic mass is 9.94. The molecule has 0 aliphatic carbocycles. The van der Waals surface area contributed by atoms with Gasteiger partial charge in [-0.2, -0.15) is 0 Å². The van der Waals surface area contributed by atoms with Gasteiger partial charge in [-0.1, -0.05) is 24.3 Å². The number of carbonyl (C=O) groups is 1. The van der Waals surface area contributed by atoms with E-state index in [4.69, 9.17) is 0 Å². The van der Waals surface area contributed by atoms with E-state index >= 15 is 0 Å². The van der Waals surface area contributed by atoms with Crippen LogP contribution in [0.3, 0.4) is 0 Å². The number of phenolic OH excluding ortho intramolecular Hbond substituents is 1. The van der Waals surface area contributed by atoms with Gasteiger partial charge >= 0.3 is 0 Å². The van der Waals surface area contributed by atoms with Gasteiger partial charge in [-0.15, -0.1) is 0 Å². The average Bonchev–Trinajstić information content (AvgIpc) is 2.71. The molecule has 0 aliphatic rings. The predicted octanol–water partition coefficient (Wildman–Crippen LogP) is 5.30. The molecule has 0 fully saturated rings. The molecule has 0 aliphatic heterocycles. The van der Waals surface area contributed by atoms with Crippen molar-refractivity contribution in [3.8, 4) is 16.9 Å². The van der Waals surface area contributed by atoms with E-state index in [2.05, 4.69) is 26.0 Å². The maximum absolute atomic E-state index is 14.6. The molecule has 3 N–H and O–H groups in total. The Bertz CT molecular complexity index is 1170. The summed E-state index contributed by atoms with van der Waals surface area (Å²) in [6.07, 6.45) is 1.34. The number of hydrogen-bond donors (Lipinski definition) is 3. The molecule has 3 aromatic rings. The van der Waals surface area contributed by atoms with Crippen molar-refractivity contribution in [2.24, 2.45) is 0 Å². The maximum Gasteiger partial charge on any atom is 0.251 e. The molecule has 0 aromatic heterocycles. The highest BCUT2D eigenvalue weighted by Gasteiger charge is 2.19. The number of nitrogens with one attached hydrogen (secondary N) is 2. The molecule has 2 unspecified atom stereocenters. The van der Waals surface area contributed by atoms with Crippen LogP contribution in [0.1, 0.15) is 28.9 Å². The zero-order valence-corrected chi connectivity index (χ0v) is 19.0. The van der Waals surface area contributed by atoms with Crippen LogP contribution in [0.15, 0.2) is 59.1 Å². The fraction of sp³-hybridized carbons (Fsp3) is 0.136. The molecule has 0 radical (unpaired) electrons. The number of rotatable bonds is 6. The molecule has 0 saturated carbocycles. The van der Waals surface area contributed by atoms with E-state index in [1.807, 2.05) is 0 Å². The summed E-state index contributed by atoms with van der Waals surface area (Å²) < 4.78 is 43.0. The maximum atomic E-state index is 14.6. The van der Waals surface area contributed by atoms with Gasteiger partial charge in [-0.3, -0.25) is 4.79 Å². The van der Waals surface area contributed by atoms with Crippen LogP contribution in [0.25, 0.3) is 11.1 Å². The molecule has 1 amide bonds. The quantitative estimate of drug-likeness (QED) is 0.422. The van der Waals surface area contributed by atoms with Gasteiger partial charge in [0.05, 0.1) is 16.2 Å². The molecule has 5 nitrogen and oxygen atoms in total. The van der Waals surface area contributed by atoms with Crippen LogP contribution in [0.2, 0.25) is 0 Å². The Balaban J connectivity index is 1.95. The van der Waals surface area contributed by atoms with Crippen molar-refractivity contribution in [3.63, 3.8) is 0 Å². The third-order valence-electron chi connectivity index (χ3n) is 4.59. The smallest absolute Gasteiger partial charge is 0.251 e. The SMILES string of the molecule is CC(NC(=O)c1ccc(O)c(Br)c1)c1ccccc1-c1cc(NS(C)=O)c(F)cc1F. The van der Waals surface area contributed by atoms with Crippen LogP contribution in [0.5, 0.6) is 5.75 Å². The lowest BCUT2D eigenvalue weighted by Gasteiger charge is -2.19. The largest absolute Gasteiger partial charge is 0.507 e. The van der Waals surface area contributed by atoms with Crippen LogP contribution in [-0.2, 0) is 11.0 Å². The van der Waals surface area contributed by atoms with Gasteiger partial charge < -0.3 is 15.1 Å². The van der Waals surface area contributed by atoms with Crippen molar-refractivity contribution in [3.05, 3.63) is 81.8 Å². The second-order valence-corrected chi connectivity index (χ2v) is 8.78. The van der Waals surface area contributed by atoms with E-state index in [1.165, 1.54) is 30.5 Å². The molecule has 0 bridgehead atoms. The van der Waals surface area contributed by atoms with E-state index in [1.54, 1.807) is 31.2 Å². The molecule has 0 spiro atoms. The standard InChI is InChI=1S/C22H19BrF2N2O3S/c1-12(26-22(29)13-7-8-21(28)17(23)9-13)14-5-3-4-6-15(14)16-10-20(27-31(2)30)19(25)11-18(16)24/h3-12,27-28H,1-2H3,(H,26,29). The summed E-state index contributed by atoms with van der Waals surface area (Å²) in [5.74, 6) is -2.00. The molecular formula is C22H19BrF2N2O3S. The topological polar surface area (TPSA) is 78.4 Å². The van der Waals surface area contributed by atoms with Crippen LogP contribution < -0.4 is 10.0 Å². The Morgan fingerprint density at radius 3 is 2.45 bits per heavy atom. The molecule has 9 heteroatoms. The minimum absolute atomic E-state index is 0.0131. The van der Waals surface area contributed by atoms with Crippen molar-refractivity contribution >= 4 is 38.5 Å². The number of amides is 1. The Morgan fingerprint density at radius 2 is 1.77 bits per heavy atom. The van der Waals surface area contributed by atoms with Gasteiger partial charge in [0.1, 0.15) is 28.4 Å². The number of aromatic hydroxyl groups is 1. The summed E-state index contributed by atoms with van der Waals surface area (Å²) in [5, 5.41) is 12.5. The molecule has 162 valence electrons. The van der Waals surface area contributed by atoms with Crippen LogP contribution in [0.4, 0.5) is 14.5 Å². The van der Waals surface area contributed by atoms with Gasteiger partial charge in [0.2, 0.25) is 0 Å². The molecule has 0 heterocycles. The fourth-order valence-electron chi connectivity index (χ4n) is 3.11. The van der Waals surface area contributed by atoms with Gasteiger partial charge in [0.15, 0.2) is 0 Å². The van der Waals surface area contributed by atoms with E-state index < -0.39 is 28.7 Å². The van der Waals surface area contributed by atoms with E-state index in [0.717, 1.165) is 6.07 Å². The van der Waals surface area contributed by atoms with Gasteiger partial charge in [-0.25, -0.2) is 13.0 Å². The second-order valence-electron chi connectivity index (χ2n) is 6.82. The monoisotopic (exact) mass is 508 g/mol. The third-order valence-corrected chi connectivity index (χ3v) is 5.73. The first kappa shape index (κ1) is 22.9. The van der Waals surface area contributed by atoms with Crippen molar-refractivity contribution in [2.45, 2.75) is 13.0 Å². The number of hydrogen-bond acceptors (Lipinski definition) is 3. The summed E-state index contributed by atoms with van der Waals surface area (Å²) in [5.41, 5.74) is 1.43. The summed E-state index contributed by atoms with van der Waals surface area (Å²) in [6, 6.07) is 12.7. The molecular weight excluding hydrogens is 490 g/mol. The van der Waals surface area contributed by atoms with Crippen LogP contribution >= 0.6 is 15.9 Å². The van der Waals surface area contributed by atoms with Gasteiger partial charge in [-0.05, 0) is 58.2 Å². The molecule has 31 heavy (non-hydrogen) atoms. The van der Waals surface area contributed by atoms with Gasteiger partial charge in [0, 0.05) is 23.4 Å². The zero-order valence-electron chi connectivity index (χ0n) is 16.6. The summed E-state index contributed by atoms with van der Waals surface area (Å²) in [6.45, 7) is 1.74. The van der Waals surface area contributed by atoms with Crippen molar-refractivity contribution < 1.29 is 22.9 Å². The lowest BCUT2D eigenvalue weighted by Crippen LogP contribution is -2.27. The number of benzene rings is 3. The average molecular weight is 509 g/mol. The van der Waals surface area contributed by atoms with Crippen molar-refractivity contribution in [1.29, 1.82) is 0 Å². The zero-order chi connectivity index (χ0) is 22.7. The highest BCUT2D eigenvalue weighted by molar-refractivity contribution is 9.10. The minimum atomic E-state index is -1.54. The second kappa shape index (κ2) is 9.57. The number of phenols is 1. The van der Waals surface area contributed by atoms with Crippen LogP contribution in [0, 0.1) is 11.6 Å². The normalized spacial score (nSPS) is 12.8. The van der Waals surface area contributed by atoms with Crippen molar-refractivity contribution in [1.82, 2.24) is 5.32 Å². The first-order chi connectivity index (χ1) is 14.7. The molecule has 3 aromatic carbocycles. The summed E-state index contributed by atoms with van der Waals surface area (Å²) >= 11 is 3.18. The van der Waals surface area contributed by atoms with Crippen LogP contribution in [-0.4, -0.2) is 21.5 Å². The number of halogens is 3. The number of anilines is 1. The Labute approximate surface area is 189 Å². The fourth-order valence-corrected chi connectivity index (χ4v) is 3.96. The Hall–Kier alpha value is -2.78. The third kappa shape index (κ3) is 5.29. The lowest BCUT2D eigenvalue weighted by molar-refractivity contribution is 0.0940. The molecule has 2 atom stereocenters. The van der Waals surface area contributed by atoms with Crippen molar-refractivity contribution in [2.75, 3.05) is 11.0 Å².